The van der Waals surface area contributed by atoms with Crippen molar-refractivity contribution < 1.29 is 19.5 Å². The predicted octanol–water partition coefficient (Wildman–Crippen LogP) is 2.07. The zero-order chi connectivity index (χ0) is 16.8. The van der Waals surface area contributed by atoms with Gasteiger partial charge in [0.1, 0.15) is 6.04 Å². The Morgan fingerprint density at radius 1 is 1.35 bits per heavy atom. The third kappa shape index (κ3) is 4.48. The Morgan fingerprint density at radius 3 is 2.83 bits per heavy atom. The zero-order valence-corrected chi connectivity index (χ0v) is 13.8. The topological polar surface area (TPSA) is 86.7 Å². The van der Waals surface area contributed by atoms with Crippen LogP contribution in [0.1, 0.15) is 29.6 Å². The minimum atomic E-state index is -0.970. The van der Waals surface area contributed by atoms with Crippen LogP contribution in [0.2, 0.25) is 0 Å². The molecule has 1 aliphatic rings. The number of thioether (sulfide) groups is 1. The number of hydrogen-bond acceptors (Lipinski definition) is 4. The van der Waals surface area contributed by atoms with Crippen molar-refractivity contribution in [3.05, 3.63) is 29.8 Å². The molecule has 1 aromatic carbocycles. The minimum Gasteiger partial charge on any atom is -0.480 e. The van der Waals surface area contributed by atoms with E-state index < -0.39 is 12.0 Å². The van der Waals surface area contributed by atoms with Crippen LogP contribution in [0.4, 0.5) is 5.69 Å². The first kappa shape index (κ1) is 17.3. The summed E-state index contributed by atoms with van der Waals surface area (Å²) in [6.45, 7) is 0.443. The molecule has 1 saturated heterocycles. The van der Waals surface area contributed by atoms with E-state index in [9.17, 15) is 19.5 Å². The third-order valence-corrected chi connectivity index (χ3v) is 4.27. The monoisotopic (exact) mass is 336 g/mol. The summed E-state index contributed by atoms with van der Waals surface area (Å²) >= 11 is 1.41. The van der Waals surface area contributed by atoms with Crippen molar-refractivity contribution in [1.29, 1.82) is 0 Å². The molecule has 1 unspecified atom stereocenters. The van der Waals surface area contributed by atoms with Crippen molar-refractivity contribution in [3.63, 3.8) is 0 Å². The number of carboxylic acid groups (broad SMARTS) is 1. The molecule has 23 heavy (non-hydrogen) atoms. The Morgan fingerprint density at radius 2 is 2.13 bits per heavy atom. The fourth-order valence-electron chi connectivity index (χ4n) is 2.66. The Labute approximate surface area is 139 Å². The maximum atomic E-state index is 12.6. The van der Waals surface area contributed by atoms with Gasteiger partial charge in [-0.15, -0.1) is 0 Å². The number of nitrogens with zero attached hydrogens (tertiary/aromatic N) is 1. The number of aliphatic carboxylic acids is 1. The Kier molecular flexibility index (Phi) is 6.04. The predicted molar refractivity (Wildman–Crippen MR) is 89.8 cm³/mol. The lowest BCUT2D eigenvalue weighted by atomic mass is 10.0. The van der Waals surface area contributed by atoms with E-state index in [1.54, 1.807) is 24.3 Å². The molecule has 0 bridgehead atoms. The molecule has 0 radical (unpaired) electrons. The second kappa shape index (κ2) is 8.01. The summed E-state index contributed by atoms with van der Waals surface area (Å²) in [5, 5.41) is 12.0. The highest BCUT2D eigenvalue weighted by Crippen LogP contribution is 2.21. The Bertz CT molecular complexity index is 605. The van der Waals surface area contributed by atoms with Crippen LogP contribution in [-0.2, 0) is 9.59 Å². The van der Waals surface area contributed by atoms with Crippen LogP contribution >= 0.6 is 11.8 Å². The van der Waals surface area contributed by atoms with Crippen molar-refractivity contribution in [2.75, 3.05) is 23.9 Å². The highest BCUT2D eigenvalue weighted by Gasteiger charge is 2.32. The number of rotatable bonds is 5. The number of hydrogen-bond donors (Lipinski definition) is 2. The molecule has 0 saturated carbocycles. The molecule has 1 fully saturated rings. The van der Waals surface area contributed by atoms with E-state index in [0.29, 0.717) is 30.0 Å². The number of anilines is 1. The quantitative estimate of drug-likeness (QED) is 0.859. The van der Waals surface area contributed by atoms with Crippen LogP contribution in [0.15, 0.2) is 24.3 Å². The number of benzene rings is 1. The number of likely N-dealkylation sites (tertiary alicyclic amines) is 1. The van der Waals surface area contributed by atoms with Gasteiger partial charge in [0, 0.05) is 17.8 Å². The van der Waals surface area contributed by atoms with Crippen LogP contribution in [0.5, 0.6) is 0 Å². The summed E-state index contributed by atoms with van der Waals surface area (Å²) in [4.78, 5) is 37.0. The summed E-state index contributed by atoms with van der Waals surface area (Å²) in [7, 11) is 0. The Balaban J connectivity index is 2.15. The van der Waals surface area contributed by atoms with Gasteiger partial charge >= 0.3 is 5.97 Å². The van der Waals surface area contributed by atoms with Gasteiger partial charge in [0.15, 0.2) is 0 Å². The van der Waals surface area contributed by atoms with E-state index in [0.717, 1.165) is 12.8 Å². The van der Waals surface area contributed by atoms with E-state index in [2.05, 4.69) is 5.32 Å². The summed E-state index contributed by atoms with van der Waals surface area (Å²) in [6.07, 6.45) is 3.93. The maximum absolute atomic E-state index is 12.6. The molecular formula is C16H20N2O4S. The Hall–Kier alpha value is -2.02. The van der Waals surface area contributed by atoms with E-state index in [1.165, 1.54) is 16.7 Å². The zero-order valence-electron chi connectivity index (χ0n) is 12.9. The van der Waals surface area contributed by atoms with Gasteiger partial charge in [0.25, 0.3) is 5.91 Å². The lowest BCUT2D eigenvalue weighted by Crippen LogP contribution is -2.48. The first-order valence-electron chi connectivity index (χ1n) is 7.45. The number of carboxylic acids is 1. The number of carbonyl (C=O) groups is 3. The van der Waals surface area contributed by atoms with Crippen molar-refractivity contribution in [2.45, 2.75) is 25.3 Å². The number of amides is 2. The van der Waals surface area contributed by atoms with E-state index >= 15 is 0 Å². The van der Waals surface area contributed by atoms with E-state index in [1.807, 2.05) is 6.26 Å². The van der Waals surface area contributed by atoms with Crippen molar-refractivity contribution in [3.8, 4) is 0 Å². The summed E-state index contributed by atoms with van der Waals surface area (Å²) in [6, 6.07) is 5.85. The lowest BCUT2D eigenvalue weighted by Gasteiger charge is -2.33. The number of carbonyl (C=O) groups excluding carboxylic acids is 2. The van der Waals surface area contributed by atoms with Gasteiger partial charge in [-0.05, 0) is 43.7 Å². The van der Waals surface area contributed by atoms with E-state index in [-0.39, 0.29) is 11.8 Å². The van der Waals surface area contributed by atoms with Gasteiger partial charge in [-0.3, -0.25) is 9.59 Å². The first-order valence-corrected chi connectivity index (χ1v) is 8.85. The van der Waals surface area contributed by atoms with Gasteiger partial charge in [-0.2, -0.15) is 11.8 Å². The maximum Gasteiger partial charge on any atom is 0.326 e. The van der Waals surface area contributed by atoms with Crippen LogP contribution in [0, 0.1) is 0 Å². The third-order valence-electron chi connectivity index (χ3n) is 3.72. The first-order chi connectivity index (χ1) is 11.0. The second-order valence-electron chi connectivity index (χ2n) is 5.41. The average molecular weight is 336 g/mol. The van der Waals surface area contributed by atoms with Gasteiger partial charge in [-0.1, -0.05) is 6.07 Å². The summed E-state index contributed by atoms with van der Waals surface area (Å²) in [5.74, 6) is -1.07. The minimum absolute atomic E-state index is 0.136. The SMILES string of the molecule is CSCC(=O)Nc1cccc(C(=O)N2CCCCC2C(=O)O)c1. The molecule has 1 atom stereocenters. The van der Waals surface area contributed by atoms with Gasteiger partial charge in [0.05, 0.1) is 5.75 Å². The molecule has 0 spiro atoms. The summed E-state index contributed by atoms with van der Waals surface area (Å²) in [5.41, 5.74) is 0.930. The van der Waals surface area contributed by atoms with Gasteiger partial charge in [-0.25, -0.2) is 4.79 Å². The van der Waals surface area contributed by atoms with Crippen molar-refractivity contribution in [2.24, 2.45) is 0 Å². The molecule has 6 nitrogen and oxygen atoms in total. The molecule has 1 aromatic rings. The van der Waals surface area contributed by atoms with Crippen LogP contribution in [0.3, 0.4) is 0 Å². The smallest absolute Gasteiger partial charge is 0.326 e. The molecule has 1 heterocycles. The van der Waals surface area contributed by atoms with Crippen LogP contribution in [0.25, 0.3) is 0 Å². The molecule has 7 heteroatoms. The molecule has 0 aromatic heterocycles. The van der Waals surface area contributed by atoms with Crippen LogP contribution < -0.4 is 5.32 Å². The fraction of sp³-hybridized carbons (Fsp3) is 0.438. The number of piperidine rings is 1. The second-order valence-corrected chi connectivity index (χ2v) is 6.28. The van der Waals surface area contributed by atoms with E-state index in [4.69, 9.17) is 0 Å². The molecule has 2 N–H and O–H groups in total. The average Bonchev–Trinajstić information content (AvgIpc) is 2.54. The largest absolute Gasteiger partial charge is 0.480 e. The normalized spacial score (nSPS) is 17.6. The van der Waals surface area contributed by atoms with Crippen LogP contribution in [-0.4, -0.2) is 52.4 Å². The molecule has 1 aliphatic heterocycles. The lowest BCUT2D eigenvalue weighted by molar-refractivity contribution is -0.143. The van der Waals surface area contributed by atoms with Gasteiger partial charge in [0.2, 0.25) is 5.91 Å². The molecule has 2 amide bonds. The number of nitrogens with one attached hydrogen (secondary N) is 1. The standard InChI is InChI=1S/C16H20N2O4S/c1-23-10-14(19)17-12-6-4-5-11(9-12)15(20)18-8-3-2-7-13(18)16(21)22/h4-6,9,13H,2-3,7-8,10H2,1H3,(H,17,19)(H,21,22). The van der Waals surface area contributed by atoms with Crippen molar-refractivity contribution >= 4 is 35.2 Å². The molecule has 124 valence electrons. The van der Waals surface area contributed by atoms with Crippen molar-refractivity contribution in [1.82, 2.24) is 4.90 Å². The van der Waals surface area contributed by atoms with Gasteiger partial charge < -0.3 is 15.3 Å². The highest BCUT2D eigenvalue weighted by molar-refractivity contribution is 7.99. The molecule has 0 aliphatic carbocycles. The summed E-state index contributed by atoms with van der Waals surface area (Å²) < 4.78 is 0. The molecular weight excluding hydrogens is 316 g/mol. The highest BCUT2D eigenvalue weighted by atomic mass is 32.2. The fourth-order valence-corrected chi connectivity index (χ4v) is 2.99. The molecule has 2 rings (SSSR count).